The zero-order valence-electron chi connectivity index (χ0n) is 12.1. The number of aromatic nitrogens is 1. The Balaban J connectivity index is 1.45. The van der Waals surface area contributed by atoms with Gasteiger partial charge in [0.05, 0.1) is 0 Å². The van der Waals surface area contributed by atoms with E-state index in [0.29, 0.717) is 19.5 Å². The number of carbonyl (C=O) groups excluding carboxylic acids is 1. The Morgan fingerprint density at radius 2 is 1.91 bits per heavy atom. The monoisotopic (exact) mass is 298 g/mol. The van der Waals surface area contributed by atoms with E-state index in [1.165, 1.54) is 4.57 Å². The third-order valence-corrected chi connectivity index (χ3v) is 4.79. The number of carbonyl (C=O) groups is 1. The lowest BCUT2D eigenvalue weighted by Crippen LogP contribution is -2.28. The van der Waals surface area contributed by atoms with Crippen LogP contribution in [0.15, 0.2) is 36.0 Å². The third-order valence-electron chi connectivity index (χ3n) is 4.79. The van der Waals surface area contributed by atoms with Crippen molar-refractivity contribution in [2.75, 3.05) is 6.54 Å². The Bertz CT molecular complexity index is 704. The van der Waals surface area contributed by atoms with Crippen LogP contribution in [0.4, 0.5) is 0 Å². The molecule has 4 rings (SSSR count). The van der Waals surface area contributed by atoms with Crippen LogP contribution < -0.4 is 5.32 Å². The summed E-state index contributed by atoms with van der Waals surface area (Å²) >= 11 is 0. The van der Waals surface area contributed by atoms with Crippen molar-refractivity contribution in [2.24, 2.45) is 0 Å². The molecule has 2 unspecified atom stereocenters. The lowest BCUT2D eigenvalue weighted by atomic mass is 10.0. The van der Waals surface area contributed by atoms with E-state index in [1.807, 2.05) is 12.2 Å². The largest absolute Gasteiger partial charge is 0.494 e. The van der Waals surface area contributed by atoms with Crippen molar-refractivity contribution in [3.8, 4) is 11.8 Å². The zero-order valence-corrected chi connectivity index (χ0v) is 12.1. The van der Waals surface area contributed by atoms with Crippen LogP contribution in [-0.4, -0.2) is 27.2 Å². The summed E-state index contributed by atoms with van der Waals surface area (Å²) in [7, 11) is 0. The molecule has 1 heterocycles. The van der Waals surface area contributed by atoms with Crippen LogP contribution >= 0.6 is 0 Å². The van der Waals surface area contributed by atoms with Gasteiger partial charge in [-0.15, -0.1) is 0 Å². The van der Waals surface area contributed by atoms with Gasteiger partial charge < -0.3 is 15.5 Å². The Hall–Kier alpha value is -2.43. The maximum absolute atomic E-state index is 11.9. The molecule has 0 saturated carbocycles. The molecule has 22 heavy (non-hydrogen) atoms. The second-order valence-electron chi connectivity index (χ2n) is 6.04. The number of nitrogens with one attached hydrogen (secondary N) is 1. The highest BCUT2D eigenvalue weighted by Crippen LogP contribution is 2.56. The van der Waals surface area contributed by atoms with Crippen LogP contribution in [-0.2, 0) is 11.3 Å². The summed E-state index contributed by atoms with van der Waals surface area (Å²) < 4.78 is 1.50. The lowest BCUT2D eigenvalue weighted by molar-refractivity contribution is -0.117. The van der Waals surface area contributed by atoms with E-state index in [2.05, 4.69) is 17.5 Å². The number of allylic oxidation sites excluding steroid dienone is 5. The topological polar surface area (TPSA) is 74.5 Å². The van der Waals surface area contributed by atoms with Crippen molar-refractivity contribution in [3.05, 3.63) is 47.1 Å². The molecular formula is C17H18N2O3. The molecule has 0 spiro atoms. The average molecular weight is 298 g/mol. The van der Waals surface area contributed by atoms with E-state index < -0.39 is 0 Å². The summed E-state index contributed by atoms with van der Waals surface area (Å²) in [6.07, 6.45) is 11.4. The molecule has 3 aliphatic rings. The number of amides is 1. The van der Waals surface area contributed by atoms with Crippen molar-refractivity contribution < 1.29 is 15.0 Å². The van der Waals surface area contributed by atoms with Crippen LogP contribution in [0.2, 0.25) is 0 Å². The molecule has 1 aromatic rings. The maximum Gasteiger partial charge on any atom is 0.247 e. The second kappa shape index (κ2) is 4.80. The number of hydrogen-bond donors (Lipinski definition) is 3. The molecule has 1 aromatic heterocycles. The summed E-state index contributed by atoms with van der Waals surface area (Å²) in [6.45, 7) is 0.726. The molecule has 2 bridgehead atoms. The van der Waals surface area contributed by atoms with Crippen LogP contribution in [0, 0.1) is 0 Å². The Morgan fingerprint density at radius 3 is 2.50 bits per heavy atom. The minimum atomic E-state index is -0.0922. The van der Waals surface area contributed by atoms with Gasteiger partial charge in [0.2, 0.25) is 5.91 Å². The molecule has 1 amide bonds. The molecule has 0 aromatic carbocycles. The number of fused-ring (bicyclic) bond motifs is 5. The summed E-state index contributed by atoms with van der Waals surface area (Å²) in [4.78, 5) is 11.9. The molecule has 0 aliphatic heterocycles. The molecule has 3 N–H and O–H groups in total. The van der Waals surface area contributed by atoms with Gasteiger partial charge in [-0.05, 0) is 12.8 Å². The minimum Gasteiger partial charge on any atom is -0.494 e. The van der Waals surface area contributed by atoms with Gasteiger partial charge in [-0.1, -0.05) is 30.4 Å². The minimum absolute atomic E-state index is 0.0922. The Morgan fingerprint density at radius 1 is 1.23 bits per heavy atom. The van der Waals surface area contributed by atoms with E-state index >= 15 is 0 Å². The number of nitrogens with zero attached hydrogens (tertiary/aromatic N) is 1. The van der Waals surface area contributed by atoms with Crippen molar-refractivity contribution in [1.29, 1.82) is 0 Å². The SMILES string of the molecule is O=C(NCCn1c(O)c2c(c1O)C1C=CC2C1)C1=CC=CC1. The standard InChI is InChI=1S/C17H18N2O3/c20-15(10-3-1-2-4-10)18-7-8-19-16(21)13-11-5-6-12(9-11)14(13)17(19)22/h1-3,5-6,11-12,21-22H,4,7-9H2,(H,18,20). The fraction of sp³-hybridized carbons (Fsp3) is 0.353. The van der Waals surface area contributed by atoms with Gasteiger partial charge in [0.1, 0.15) is 0 Å². The predicted molar refractivity (Wildman–Crippen MR) is 81.9 cm³/mol. The van der Waals surface area contributed by atoms with E-state index in [9.17, 15) is 15.0 Å². The van der Waals surface area contributed by atoms with Crippen molar-refractivity contribution in [1.82, 2.24) is 9.88 Å². The Labute approximate surface area is 128 Å². The first-order valence-corrected chi connectivity index (χ1v) is 7.63. The summed E-state index contributed by atoms with van der Waals surface area (Å²) in [5.74, 6) is 0.624. The molecule has 3 aliphatic carbocycles. The normalized spacial score (nSPS) is 23.9. The smallest absolute Gasteiger partial charge is 0.247 e. The number of aromatic hydroxyl groups is 2. The van der Waals surface area contributed by atoms with E-state index in [0.717, 1.165) is 23.1 Å². The molecule has 0 radical (unpaired) electrons. The van der Waals surface area contributed by atoms with Gasteiger partial charge in [-0.2, -0.15) is 0 Å². The number of rotatable bonds is 4. The van der Waals surface area contributed by atoms with Gasteiger partial charge in [-0.3, -0.25) is 9.36 Å². The molecule has 0 fully saturated rings. The fourth-order valence-corrected chi connectivity index (χ4v) is 3.71. The van der Waals surface area contributed by atoms with Gasteiger partial charge in [0.15, 0.2) is 11.8 Å². The Kier molecular flexibility index (Phi) is 2.89. The maximum atomic E-state index is 11.9. The lowest BCUT2D eigenvalue weighted by Gasteiger charge is -2.11. The van der Waals surface area contributed by atoms with Gasteiger partial charge in [0.25, 0.3) is 0 Å². The third kappa shape index (κ3) is 1.81. The summed E-state index contributed by atoms with van der Waals surface area (Å²) in [5, 5.41) is 23.6. The quantitative estimate of drug-likeness (QED) is 0.745. The highest BCUT2D eigenvalue weighted by atomic mass is 16.3. The van der Waals surface area contributed by atoms with E-state index in [1.54, 1.807) is 6.08 Å². The van der Waals surface area contributed by atoms with Gasteiger partial charge in [-0.25, -0.2) is 0 Å². The van der Waals surface area contributed by atoms with Gasteiger partial charge in [0, 0.05) is 41.6 Å². The molecular weight excluding hydrogens is 280 g/mol. The zero-order chi connectivity index (χ0) is 15.3. The average Bonchev–Trinajstić information content (AvgIpc) is 3.27. The molecule has 2 atom stereocenters. The van der Waals surface area contributed by atoms with Crippen molar-refractivity contribution in [2.45, 2.75) is 31.2 Å². The fourth-order valence-electron chi connectivity index (χ4n) is 3.71. The van der Waals surface area contributed by atoms with E-state index in [4.69, 9.17) is 0 Å². The van der Waals surface area contributed by atoms with Crippen LogP contribution in [0.25, 0.3) is 0 Å². The van der Waals surface area contributed by atoms with E-state index in [-0.39, 0.29) is 29.5 Å². The molecule has 5 heteroatoms. The highest BCUT2D eigenvalue weighted by molar-refractivity contribution is 5.94. The molecule has 5 nitrogen and oxygen atoms in total. The molecule has 0 saturated heterocycles. The highest BCUT2D eigenvalue weighted by Gasteiger charge is 2.40. The van der Waals surface area contributed by atoms with Gasteiger partial charge >= 0.3 is 0 Å². The molecule has 114 valence electrons. The van der Waals surface area contributed by atoms with Crippen molar-refractivity contribution >= 4 is 5.91 Å². The second-order valence-corrected chi connectivity index (χ2v) is 6.04. The first kappa shape index (κ1) is 13.2. The first-order valence-electron chi connectivity index (χ1n) is 7.63. The first-order chi connectivity index (χ1) is 10.7. The van der Waals surface area contributed by atoms with Crippen LogP contribution in [0.1, 0.15) is 35.8 Å². The number of hydrogen-bond acceptors (Lipinski definition) is 3. The summed E-state index contributed by atoms with van der Waals surface area (Å²) in [6, 6.07) is 0. The van der Waals surface area contributed by atoms with Crippen LogP contribution in [0.5, 0.6) is 11.8 Å². The van der Waals surface area contributed by atoms with Crippen LogP contribution in [0.3, 0.4) is 0 Å². The predicted octanol–water partition coefficient (Wildman–Crippen LogP) is 2.04. The summed E-state index contributed by atoms with van der Waals surface area (Å²) in [5.41, 5.74) is 2.46. The van der Waals surface area contributed by atoms with Crippen molar-refractivity contribution in [3.63, 3.8) is 0 Å².